The number of carboxylic acids is 1. The molecule has 0 unspecified atom stereocenters. The average molecular weight is 275 g/mol. The van der Waals surface area contributed by atoms with Crippen LogP contribution in [0.15, 0.2) is 16.9 Å². The third-order valence-corrected chi connectivity index (χ3v) is 2.73. The van der Waals surface area contributed by atoms with Gasteiger partial charge in [-0.25, -0.2) is 9.78 Å². The molecule has 14 heavy (non-hydrogen) atoms. The highest BCUT2D eigenvalue weighted by atomic mass is 79.9. The number of fused-ring (bicyclic) bond motifs is 1. The zero-order chi connectivity index (χ0) is 10.3. The Bertz CT molecular complexity index is 523. The van der Waals surface area contributed by atoms with E-state index >= 15 is 0 Å². The van der Waals surface area contributed by atoms with E-state index in [4.69, 9.17) is 16.7 Å². The van der Waals surface area contributed by atoms with Gasteiger partial charge in [0.05, 0.1) is 20.9 Å². The van der Waals surface area contributed by atoms with Crippen molar-refractivity contribution in [3.8, 4) is 0 Å². The van der Waals surface area contributed by atoms with Crippen LogP contribution in [0.5, 0.6) is 0 Å². The predicted octanol–water partition coefficient (Wildman–Crippen LogP) is 2.68. The van der Waals surface area contributed by atoms with Crippen molar-refractivity contribution >= 4 is 44.4 Å². The molecule has 2 rings (SSSR count). The number of hydrogen-bond acceptors (Lipinski definition) is 2. The van der Waals surface area contributed by atoms with Crippen LogP contribution < -0.4 is 0 Å². The van der Waals surface area contributed by atoms with Gasteiger partial charge in [-0.3, -0.25) is 0 Å². The molecule has 0 fully saturated rings. The summed E-state index contributed by atoms with van der Waals surface area (Å²) in [6, 6.07) is 0. The lowest BCUT2D eigenvalue weighted by molar-refractivity contribution is 0.0699. The summed E-state index contributed by atoms with van der Waals surface area (Å²) in [6.45, 7) is 0. The Morgan fingerprint density at radius 1 is 1.64 bits per heavy atom. The molecule has 0 atom stereocenters. The van der Waals surface area contributed by atoms with Crippen LogP contribution in [-0.4, -0.2) is 21.0 Å². The first-order chi connectivity index (χ1) is 6.61. The lowest BCUT2D eigenvalue weighted by Gasteiger charge is -1.97. The minimum Gasteiger partial charge on any atom is -0.478 e. The molecule has 0 aliphatic carbocycles. The van der Waals surface area contributed by atoms with Crippen molar-refractivity contribution in [1.29, 1.82) is 0 Å². The third-order valence-electron chi connectivity index (χ3n) is 1.85. The smallest absolute Gasteiger partial charge is 0.337 e. The molecule has 0 saturated heterocycles. The van der Waals surface area contributed by atoms with Gasteiger partial charge in [-0.15, -0.1) is 0 Å². The summed E-state index contributed by atoms with van der Waals surface area (Å²) in [5.74, 6) is -1.03. The minimum absolute atomic E-state index is 0.124. The van der Waals surface area contributed by atoms with E-state index in [1.165, 1.54) is 12.4 Å². The highest BCUT2D eigenvalue weighted by molar-refractivity contribution is 9.10. The fourth-order valence-corrected chi connectivity index (χ4v) is 1.90. The lowest BCUT2D eigenvalue weighted by Crippen LogP contribution is -1.94. The molecule has 0 spiro atoms. The first-order valence-electron chi connectivity index (χ1n) is 3.65. The number of H-pyrrole nitrogens is 1. The van der Waals surface area contributed by atoms with Gasteiger partial charge in [0.15, 0.2) is 0 Å². The van der Waals surface area contributed by atoms with Gasteiger partial charge < -0.3 is 10.1 Å². The van der Waals surface area contributed by atoms with Crippen LogP contribution in [0.1, 0.15) is 10.4 Å². The van der Waals surface area contributed by atoms with E-state index in [1.807, 2.05) is 0 Å². The van der Waals surface area contributed by atoms with Crippen molar-refractivity contribution in [2.24, 2.45) is 0 Å². The second-order valence-electron chi connectivity index (χ2n) is 2.65. The molecule has 2 aromatic heterocycles. The average Bonchev–Trinajstić information content (AvgIpc) is 2.56. The molecule has 0 aliphatic heterocycles. The summed E-state index contributed by atoms with van der Waals surface area (Å²) in [7, 11) is 0. The molecule has 72 valence electrons. The lowest BCUT2D eigenvalue weighted by atomic mass is 10.2. The second kappa shape index (κ2) is 3.25. The molecule has 0 amide bonds. The number of aromatic carboxylic acids is 1. The van der Waals surface area contributed by atoms with Crippen LogP contribution in [0.2, 0.25) is 5.15 Å². The fraction of sp³-hybridized carbons (Fsp3) is 0. The number of carboxylic acid groups (broad SMARTS) is 1. The Morgan fingerprint density at radius 2 is 2.36 bits per heavy atom. The maximum atomic E-state index is 10.8. The molecular formula is C8H4BrClN2O2. The van der Waals surface area contributed by atoms with Crippen LogP contribution in [0.25, 0.3) is 10.9 Å². The van der Waals surface area contributed by atoms with Crippen molar-refractivity contribution in [2.45, 2.75) is 0 Å². The van der Waals surface area contributed by atoms with E-state index in [9.17, 15) is 4.79 Å². The number of hydrogen-bond donors (Lipinski definition) is 2. The SMILES string of the molecule is O=C(O)c1c[nH]c2c(Br)cnc(Cl)c12. The van der Waals surface area contributed by atoms with Gasteiger partial charge in [-0.1, -0.05) is 11.6 Å². The summed E-state index contributed by atoms with van der Waals surface area (Å²) >= 11 is 9.05. The standard InChI is InChI=1S/C8H4BrClN2O2/c9-4-2-12-7(10)5-3(8(13)14)1-11-6(4)5/h1-2,11H,(H,13,14). The molecule has 2 N–H and O–H groups in total. The number of carbonyl (C=O) groups is 1. The maximum absolute atomic E-state index is 10.8. The van der Waals surface area contributed by atoms with Gasteiger partial charge in [0.25, 0.3) is 0 Å². The normalized spacial score (nSPS) is 10.7. The summed E-state index contributed by atoms with van der Waals surface area (Å²) in [5.41, 5.74) is 0.765. The molecule has 2 heterocycles. The zero-order valence-electron chi connectivity index (χ0n) is 6.71. The summed E-state index contributed by atoms with van der Waals surface area (Å²) < 4.78 is 0.685. The topological polar surface area (TPSA) is 66.0 Å². The van der Waals surface area contributed by atoms with E-state index in [0.717, 1.165) is 0 Å². The fourth-order valence-electron chi connectivity index (χ4n) is 1.24. The van der Waals surface area contributed by atoms with E-state index in [1.54, 1.807) is 0 Å². The van der Waals surface area contributed by atoms with Crippen molar-refractivity contribution in [3.63, 3.8) is 0 Å². The first-order valence-corrected chi connectivity index (χ1v) is 4.82. The van der Waals surface area contributed by atoms with Gasteiger partial charge >= 0.3 is 5.97 Å². The molecule has 0 bridgehead atoms. The highest BCUT2D eigenvalue weighted by Crippen LogP contribution is 2.29. The Morgan fingerprint density at radius 3 is 3.00 bits per heavy atom. The third kappa shape index (κ3) is 1.29. The van der Waals surface area contributed by atoms with Crippen molar-refractivity contribution in [1.82, 2.24) is 9.97 Å². The summed E-state index contributed by atoms with van der Waals surface area (Å²) in [6.07, 6.45) is 2.91. The Labute approximate surface area is 92.0 Å². The number of aromatic nitrogens is 2. The molecule has 0 radical (unpaired) electrons. The Hall–Kier alpha value is -1.07. The predicted molar refractivity (Wildman–Crippen MR) is 55.8 cm³/mol. The van der Waals surface area contributed by atoms with Crippen molar-refractivity contribution in [3.05, 3.63) is 27.6 Å². The van der Waals surface area contributed by atoms with Gasteiger partial charge in [0.2, 0.25) is 0 Å². The quantitative estimate of drug-likeness (QED) is 0.786. The maximum Gasteiger partial charge on any atom is 0.337 e. The van der Waals surface area contributed by atoms with E-state index < -0.39 is 5.97 Å². The number of halogens is 2. The minimum atomic E-state index is -1.03. The molecule has 4 nitrogen and oxygen atoms in total. The largest absolute Gasteiger partial charge is 0.478 e. The van der Waals surface area contributed by atoms with Crippen LogP contribution >= 0.6 is 27.5 Å². The number of nitrogens with zero attached hydrogens (tertiary/aromatic N) is 1. The number of nitrogens with one attached hydrogen (secondary N) is 1. The Balaban J connectivity index is 2.90. The molecule has 2 aromatic rings. The highest BCUT2D eigenvalue weighted by Gasteiger charge is 2.15. The summed E-state index contributed by atoms with van der Waals surface area (Å²) in [5, 5.41) is 9.47. The molecular weight excluding hydrogens is 271 g/mol. The molecule has 6 heteroatoms. The number of pyridine rings is 1. The Kier molecular flexibility index (Phi) is 2.20. The number of aromatic amines is 1. The van der Waals surface area contributed by atoms with E-state index in [-0.39, 0.29) is 10.7 Å². The van der Waals surface area contributed by atoms with E-state index in [2.05, 4.69) is 25.9 Å². The monoisotopic (exact) mass is 274 g/mol. The van der Waals surface area contributed by atoms with Crippen molar-refractivity contribution in [2.75, 3.05) is 0 Å². The van der Waals surface area contributed by atoms with Crippen LogP contribution in [0.3, 0.4) is 0 Å². The van der Waals surface area contributed by atoms with Crippen LogP contribution in [-0.2, 0) is 0 Å². The zero-order valence-corrected chi connectivity index (χ0v) is 9.06. The van der Waals surface area contributed by atoms with Crippen LogP contribution in [0.4, 0.5) is 0 Å². The number of rotatable bonds is 1. The molecule has 0 saturated carbocycles. The van der Waals surface area contributed by atoms with Crippen LogP contribution in [0, 0.1) is 0 Å². The second-order valence-corrected chi connectivity index (χ2v) is 3.87. The van der Waals surface area contributed by atoms with Gasteiger partial charge in [-0.05, 0) is 15.9 Å². The van der Waals surface area contributed by atoms with E-state index in [0.29, 0.717) is 15.4 Å². The van der Waals surface area contributed by atoms with Gasteiger partial charge in [0, 0.05) is 12.4 Å². The molecule has 0 aromatic carbocycles. The van der Waals surface area contributed by atoms with Gasteiger partial charge in [-0.2, -0.15) is 0 Å². The molecule has 0 aliphatic rings. The van der Waals surface area contributed by atoms with Gasteiger partial charge in [0.1, 0.15) is 5.15 Å². The first kappa shape index (κ1) is 9.48. The van der Waals surface area contributed by atoms with Crippen molar-refractivity contribution < 1.29 is 9.90 Å². The summed E-state index contributed by atoms with van der Waals surface area (Å²) in [4.78, 5) is 17.5.